The first kappa shape index (κ1) is 10.5. The normalized spacial score (nSPS) is 27.9. The first-order chi connectivity index (χ1) is 5.73. The summed E-state index contributed by atoms with van der Waals surface area (Å²) in [7, 11) is 0. The van der Waals surface area contributed by atoms with Crippen LogP contribution in [0.25, 0.3) is 0 Å². The van der Waals surface area contributed by atoms with Gasteiger partial charge in [0.1, 0.15) is 0 Å². The highest BCUT2D eigenvalue weighted by Crippen LogP contribution is 2.41. The number of hydrogen-bond acceptors (Lipinski definition) is 2. The van der Waals surface area contributed by atoms with E-state index in [4.69, 9.17) is 4.74 Å². The van der Waals surface area contributed by atoms with Crippen LogP contribution in [0.4, 0.5) is 0 Å². The largest absolute Gasteiger partial charge is 0.365 e. The molecule has 2 nitrogen and oxygen atoms in total. The van der Waals surface area contributed by atoms with Crippen molar-refractivity contribution in [3.8, 4) is 0 Å². The summed E-state index contributed by atoms with van der Waals surface area (Å²) in [6, 6.07) is 0. The molecule has 2 heteroatoms. The second kappa shape index (κ2) is 2.95. The molecule has 0 aliphatic carbocycles. The molecule has 0 aromatic heterocycles. The van der Waals surface area contributed by atoms with Crippen LogP contribution in [-0.2, 0) is 9.53 Å². The summed E-state index contributed by atoms with van der Waals surface area (Å²) in [6.45, 7) is 9.70. The fourth-order valence-electron chi connectivity index (χ4n) is 1.93. The van der Waals surface area contributed by atoms with Gasteiger partial charge < -0.3 is 4.74 Å². The molecule has 0 saturated carbocycles. The van der Waals surface area contributed by atoms with Crippen LogP contribution in [-0.4, -0.2) is 17.0 Å². The van der Waals surface area contributed by atoms with E-state index in [9.17, 15) is 4.79 Å². The molecule has 1 saturated heterocycles. The van der Waals surface area contributed by atoms with Gasteiger partial charge in [-0.2, -0.15) is 0 Å². The molecule has 0 aromatic rings. The number of ether oxygens (including phenoxy) is 1. The van der Waals surface area contributed by atoms with Gasteiger partial charge in [0, 0.05) is 6.42 Å². The molecule has 1 rings (SSSR count). The van der Waals surface area contributed by atoms with Gasteiger partial charge in [0.05, 0.1) is 11.2 Å². The Labute approximate surface area is 80.0 Å². The van der Waals surface area contributed by atoms with Crippen LogP contribution < -0.4 is 0 Å². The Morgan fingerprint density at radius 3 is 2.23 bits per heavy atom. The fourth-order valence-corrected chi connectivity index (χ4v) is 1.93. The summed E-state index contributed by atoms with van der Waals surface area (Å²) in [5.74, 6) is 0.101. The first-order valence-corrected chi connectivity index (χ1v) is 4.65. The Kier molecular flexibility index (Phi) is 2.37. The summed E-state index contributed by atoms with van der Waals surface area (Å²) < 4.78 is 5.83. The first-order valence-electron chi connectivity index (χ1n) is 4.65. The molecule has 1 fully saturated rings. The van der Waals surface area contributed by atoms with Gasteiger partial charge in [-0.15, -0.1) is 0 Å². The van der Waals surface area contributed by atoms with E-state index >= 15 is 0 Å². The Morgan fingerprint density at radius 1 is 1.38 bits per heavy atom. The highest BCUT2D eigenvalue weighted by atomic mass is 16.5. The number of rotatable bonds is 1. The Hall–Kier alpha value is -0.630. The molecule has 74 valence electrons. The molecule has 1 aliphatic rings. The standard InChI is InChI=1S/C11H18O2/c1-8(12)6-9-7-10(2,3)13-11(9,4)5/h6H,7H2,1-5H3/b9-6-. The lowest BCUT2D eigenvalue weighted by molar-refractivity contribution is -0.112. The van der Waals surface area contributed by atoms with Crippen molar-refractivity contribution in [3.63, 3.8) is 0 Å². The van der Waals surface area contributed by atoms with Crippen molar-refractivity contribution < 1.29 is 9.53 Å². The molecule has 0 aromatic carbocycles. The molecule has 13 heavy (non-hydrogen) atoms. The highest BCUT2D eigenvalue weighted by molar-refractivity contribution is 5.88. The van der Waals surface area contributed by atoms with E-state index < -0.39 is 0 Å². The fraction of sp³-hybridized carbons (Fsp3) is 0.727. The van der Waals surface area contributed by atoms with Crippen LogP contribution >= 0.6 is 0 Å². The molecular formula is C11H18O2. The number of carbonyl (C=O) groups is 1. The van der Waals surface area contributed by atoms with E-state index in [0.29, 0.717) is 0 Å². The minimum atomic E-state index is -0.283. The molecule has 1 aliphatic heterocycles. The summed E-state index contributed by atoms with van der Waals surface area (Å²) in [6.07, 6.45) is 2.55. The third-order valence-corrected chi connectivity index (χ3v) is 2.30. The van der Waals surface area contributed by atoms with Gasteiger partial charge in [-0.05, 0) is 46.3 Å². The lowest BCUT2D eigenvalue weighted by Crippen LogP contribution is -2.26. The van der Waals surface area contributed by atoms with Gasteiger partial charge in [-0.25, -0.2) is 0 Å². The zero-order chi connectivity index (χ0) is 10.3. The van der Waals surface area contributed by atoms with Crippen molar-refractivity contribution in [1.82, 2.24) is 0 Å². The number of ketones is 1. The molecule has 0 N–H and O–H groups in total. The van der Waals surface area contributed by atoms with Gasteiger partial charge >= 0.3 is 0 Å². The molecule has 0 bridgehead atoms. The Bertz CT molecular complexity index is 259. The number of hydrogen-bond donors (Lipinski definition) is 0. The average Bonchev–Trinajstić information content (AvgIpc) is 1.98. The van der Waals surface area contributed by atoms with E-state index in [1.165, 1.54) is 0 Å². The molecular weight excluding hydrogens is 164 g/mol. The molecule has 0 unspecified atom stereocenters. The van der Waals surface area contributed by atoms with Gasteiger partial charge in [-0.1, -0.05) is 0 Å². The average molecular weight is 182 g/mol. The highest BCUT2D eigenvalue weighted by Gasteiger charge is 2.41. The lowest BCUT2D eigenvalue weighted by atomic mass is 9.93. The smallest absolute Gasteiger partial charge is 0.152 e. The van der Waals surface area contributed by atoms with Crippen molar-refractivity contribution in [2.75, 3.05) is 0 Å². The predicted octanol–water partition coefficient (Wildman–Crippen LogP) is 2.48. The maximum absolute atomic E-state index is 11.0. The minimum absolute atomic E-state index is 0.101. The van der Waals surface area contributed by atoms with E-state index in [0.717, 1.165) is 12.0 Å². The van der Waals surface area contributed by atoms with Crippen molar-refractivity contribution >= 4 is 5.78 Å². The Morgan fingerprint density at radius 2 is 1.92 bits per heavy atom. The predicted molar refractivity (Wildman–Crippen MR) is 52.6 cm³/mol. The van der Waals surface area contributed by atoms with Crippen LogP contribution in [0.1, 0.15) is 41.0 Å². The third kappa shape index (κ3) is 2.41. The minimum Gasteiger partial charge on any atom is -0.365 e. The Balaban J connectivity index is 2.95. The quantitative estimate of drug-likeness (QED) is 0.582. The lowest BCUT2D eigenvalue weighted by Gasteiger charge is -2.23. The number of carbonyl (C=O) groups excluding carboxylic acids is 1. The van der Waals surface area contributed by atoms with Crippen LogP contribution in [0.3, 0.4) is 0 Å². The van der Waals surface area contributed by atoms with E-state index in [1.54, 1.807) is 13.0 Å². The van der Waals surface area contributed by atoms with E-state index in [2.05, 4.69) is 13.8 Å². The third-order valence-electron chi connectivity index (χ3n) is 2.30. The summed E-state index contributed by atoms with van der Waals surface area (Å²) >= 11 is 0. The summed E-state index contributed by atoms with van der Waals surface area (Å²) in [5.41, 5.74) is 0.685. The SMILES string of the molecule is CC(=O)/C=C1/CC(C)(C)OC1(C)C. The van der Waals surface area contributed by atoms with Gasteiger partial charge in [0.15, 0.2) is 5.78 Å². The van der Waals surface area contributed by atoms with E-state index in [1.807, 2.05) is 13.8 Å². The molecule has 0 spiro atoms. The molecule has 0 amide bonds. The van der Waals surface area contributed by atoms with Crippen molar-refractivity contribution in [1.29, 1.82) is 0 Å². The van der Waals surface area contributed by atoms with Crippen molar-refractivity contribution in [2.45, 2.75) is 52.2 Å². The van der Waals surface area contributed by atoms with Crippen LogP contribution in [0.5, 0.6) is 0 Å². The van der Waals surface area contributed by atoms with E-state index in [-0.39, 0.29) is 17.0 Å². The zero-order valence-corrected chi connectivity index (χ0v) is 9.10. The maximum atomic E-state index is 11.0. The number of allylic oxidation sites excluding steroid dienone is 1. The van der Waals surface area contributed by atoms with Gasteiger partial charge in [0.25, 0.3) is 0 Å². The van der Waals surface area contributed by atoms with Crippen molar-refractivity contribution in [2.24, 2.45) is 0 Å². The van der Waals surface area contributed by atoms with Gasteiger partial charge in [-0.3, -0.25) is 4.79 Å². The molecule has 1 heterocycles. The summed E-state index contributed by atoms with van der Waals surface area (Å²) in [5, 5.41) is 0. The summed E-state index contributed by atoms with van der Waals surface area (Å²) in [4.78, 5) is 11.0. The monoisotopic (exact) mass is 182 g/mol. The second-order valence-corrected chi connectivity index (χ2v) is 4.83. The van der Waals surface area contributed by atoms with Gasteiger partial charge in [0.2, 0.25) is 0 Å². The maximum Gasteiger partial charge on any atom is 0.152 e. The zero-order valence-electron chi connectivity index (χ0n) is 9.10. The topological polar surface area (TPSA) is 26.3 Å². The van der Waals surface area contributed by atoms with Crippen LogP contribution in [0, 0.1) is 0 Å². The van der Waals surface area contributed by atoms with Crippen LogP contribution in [0.2, 0.25) is 0 Å². The molecule has 0 radical (unpaired) electrons. The molecule has 0 atom stereocenters. The van der Waals surface area contributed by atoms with Crippen LogP contribution in [0.15, 0.2) is 11.6 Å². The second-order valence-electron chi connectivity index (χ2n) is 4.83. The van der Waals surface area contributed by atoms with Crippen molar-refractivity contribution in [3.05, 3.63) is 11.6 Å².